The molecule has 3 aliphatic heterocycles. The molecule has 0 aromatic carbocycles. The van der Waals surface area contributed by atoms with Crippen molar-refractivity contribution in [3.8, 4) is 0 Å². The third kappa shape index (κ3) is 3.98. The van der Waals surface area contributed by atoms with Gasteiger partial charge in [0.1, 0.15) is 0 Å². The lowest BCUT2D eigenvalue weighted by atomic mass is 10.0. The molecular weight excluding hydrogens is 318 g/mol. The zero-order chi connectivity index (χ0) is 17.2. The number of morpholine rings is 1. The molecule has 0 spiro atoms. The van der Waals surface area contributed by atoms with Gasteiger partial charge in [-0.2, -0.15) is 5.10 Å². The Kier molecular flexibility index (Phi) is 4.94. The number of carbonyl (C=O) groups is 1. The molecule has 3 atom stereocenters. The minimum Gasteiger partial charge on any atom is -0.373 e. The molecule has 2 amide bonds. The first kappa shape index (κ1) is 16.8. The van der Waals surface area contributed by atoms with Crippen LogP contribution in [0.2, 0.25) is 0 Å². The molecule has 1 aromatic heterocycles. The molecule has 0 saturated carbocycles. The summed E-state index contributed by atoms with van der Waals surface area (Å²) in [6, 6.07) is 0.666. The van der Waals surface area contributed by atoms with E-state index in [4.69, 9.17) is 4.74 Å². The monoisotopic (exact) mass is 347 g/mol. The largest absolute Gasteiger partial charge is 0.373 e. The van der Waals surface area contributed by atoms with E-state index >= 15 is 0 Å². The molecule has 1 N–H and O–H groups in total. The lowest BCUT2D eigenvalue weighted by Crippen LogP contribution is -2.51. The molecule has 138 valence electrons. The van der Waals surface area contributed by atoms with Gasteiger partial charge in [0.25, 0.3) is 0 Å². The zero-order valence-electron chi connectivity index (χ0n) is 15.1. The van der Waals surface area contributed by atoms with Crippen LogP contribution in [0.1, 0.15) is 24.8 Å². The van der Waals surface area contributed by atoms with Gasteiger partial charge in [0.05, 0.1) is 18.9 Å². The molecule has 3 saturated heterocycles. The van der Waals surface area contributed by atoms with Gasteiger partial charge in [-0.15, -0.1) is 0 Å². The summed E-state index contributed by atoms with van der Waals surface area (Å²) in [6.45, 7) is 5.25. The molecule has 3 aliphatic rings. The van der Waals surface area contributed by atoms with Gasteiger partial charge < -0.3 is 15.0 Å². The highest BCUT2D eigenvalue weighted by molar-refractivity contribution is 5.74. The summed E-state index contributed by atoms with van der Waals surface area (Å²) in [5, 5.41) is 7.30. The number of amides is 2. The smallest absolute Gasteiger partial charge is 0.317 e. The van der Waals surface area contributed by atoms with Gasteiger partial charge in [-0.25, -0.2) is 4.79 Å². The first-order chi connectivity index (χ1) is 12.2. The number of ether oxygens (including phenoxy) is 1. The molecule has 0 unspecified atom stereocenters. The fourth-order valence-corrected chi connectivity index (χ4v) is 4.42. The Hall–Kier alpha value is -1.60. The van der Waals surface area contributed by atoms with Gasteiger partial charge in [0.2, 0.25) is 0 Å². The number of aromatic nitrogens is 2. The number of nitrogens with zero attached hydrogens (tertiary/aromatic N) is 4. The van der Waals surface area contributed by atoms with E-state index in [1.165, 1.54) is 24.9 Å². The van der Waals surface area contributed by atoms with E-state index in [1.807, 2.05) is 22.8 Å². The maximum atomic E-state index is 12.4. The Morgan fingerprint density at radius 1 is 1.36 bits per heavy atom. The molecule has 4 heterocycles. The molecule has 25 heavy (non-hydrogen) atoms. The van der Waals surface area contributed by atoms with Crippen molar-refractivity contribution in [2.24, 2.45) is 13.0 Å². The second kappa shape index (κ2) is 7.33. The van der Waals surface area contributed by atoms with Crippen LogP contribution >= 0.6 is 0 Å². The van der Waals surface area contributed by atoms with E-state index in [2.05, 4.69) is 21.5 Å². The lowest BCUT2D eigenvalue weighted by Gasteiger charge is -2.35. The van der Waals surface area contributed by atoms with Crippen LogP contribution in [-0.4, -0.2) is 77.1 Å². The van der Waals surface area contributed by atoms with Crippen molar-refractivity contribution in [3.05, 3.63) is 18.0 Å². The predicted octanol–water partition coefficient (Wildman–Crippen LogP) is 0.857. The van der Waals surface area contributed by atoms with Crippen molar-refractivity contribution in [3.63, 3.8) is 0 Å². The van der Waals surface area contributed by atoms with Crippen LogP contribution in [-0.2, 0) is 18.2 Å². The lowest BCUT2D eigenvalue weighted by molar-refractivity contribution is -0.0460. The third-order valence-corrected chi connectivity index (χ3v) is 5.80. The molecule has 0 radical (unpaired) electrons. The van der Waals surface area contributed by atoms with Gasteiger partial charge in [-0.3, -0.25) is 9.58 Å². The van der Waals surface area contributed by atoms with E-state index in [0.717, 1.165) is 39.1 Å². The minimum atomic E-state index is 0.0563. The van der Waals surface area contributed by atoms with Crippen LogP contribution in [0.3, 0.4) is 0 Å². The Morgan fingerprint density at radius 3 is 3.12 bits per heavy atom. The summed E-state index contributed by atoms with van der Waals surface area (Å²) < 4.78 is 7.76. The Balaban J connectivity index is 1.20. The van der Waals surface area contributed by atoms with Crippen molar-refractivity contribution < 1.29 is 9.53 Å². The standard InChI is InChI=1S/C18H29N5O2/c1-21-10-15(8-20-21)7-14-4-6-23(11-14)18(24)19-9-17-12-22-5-2-3-16(22)13-25-17/h8,10,14,16-17H,2-7,9,11-13H2,1H3,(H,19,24)/t14-,16-,17+/m0/s1. The van der Waals surface area contributed by atoms with Gasteiger partial charge in [0.15, 0.2) is 0 Å². The highest BCUT2D eigenvalue weighted by Crippen LogP contribution is 2.23. The summed E-state index contributed by atoms with van der Waals surface area (Å²) in [5.74, 6) is 0.534. The Morgan fingerprint density at radius 2 is 2.28 bits per heavy atom. The minimum absolute atomic E-state index is 0.0563. The van der Waals surface area contributed by atoms with Crippen LogP contribution in [0, 0.1) is 5.92 Å². The Bertz CT molecular complexity index is 604. The van der Waals surface area contributed by atoms with E-state index in [-0.39, 0.29) is 12.1 Å². The highest BCUT2D eigenvalue weighted by Gasteiger charge is 2.33. The van der Waals surface area contributed by atoms with Crippen LogP contribution in [0.15, 0.2) is 12.4 Å². The second-order valence-corrected chi connectivity index (χ2v) is 7.76. The van der Waals surface area contributed by atoms with Gasteiger partial charge in [-0.05, 0) is 43.7 Å². The van der Waals surface area contributed by atoms with E-state index in [1.54, 1.807) is 0 Å². The number of nitrogens with one attached hydrogen (secondary N) is 1. The van der Waals surface area contributed by atoms with Crippen LogP contribution in [0.25, 0.3) is 0 Å². The number of carbonyl (C=O) groups excluding carboxylic acids is 1. The summed E-state index contributed by atoms with van der Waals surface area (Å²) in [7, 11) is 1.94. The quantitative estimate of drug-likeness (QED) is 0.877. The highest BCUT2D eigenvalue weighted by atomic mass is 16.5. The van der Waals surface area contributed by atoms with Crippen molar-refractivity contribution in [1.29, 1.82) is 0 Å². The third-order valence-electron chi connectivity index (χ3n) is 5.80. The number of likely N-dealkylation sites (tertiary alicyclic amines) is 1. The fourth-order valence-electron chi connectivity index (χ4n) is 4.42. The zero-order valence-corrected chi connectivity index (χ0v) is 15.1. The molecule has 7 nitrogen and oxygen atoms in total. The molecule has 0 aliphatic carbocycles. The molecular formula is C18H29N5O2. The normalized spacial score (nSPS) is 29.8. The van der Waals surface area contributed by atoms with Crippen LogP contribution in [0.5, 0.6) is 0 Å². The number of hydrogen-bond acceptors (Lipinski definition) is 4. The summed E-state index contributed by atoms with van der Waals surface area (Å²) in [6.07, 6.45) is 8.72. The average Bonchev–Trinajstić information content (AvgIpc) is 3.33. The van der Waals surface area contributed by atoms with Gasteiger partial charge in [-0.1, -0.05) is 0 Å². The number of aryl methyl sites for hydroxylation is 1. The topological polar surface area (TPSA) is 62.6 Å². The molecule has 7 heteroatoms. The SMILES string of the molecule is Cn1cc(C[C@@H]2CCN(C(=O)NC[C@@H]3CN4CCC[C@H]4CO3)C2)cn1. The number of urea groups is 1. The van der Waals surface area contributed by atoms with Gasteiger partial charge >= 0.3 is 6.03 Å². The van der Waals surface area contributed by atoms with Crippen molar-refractivity contribution >= 4 is 6.03 Å². The Labute approximate surface area is 149 Å². The van der Waals surface area contributed by atoms with Crippen molar-refractivity contribution in [1.82, 2.24) is 24.9 Å². The van der Waals surface area contributed by atoms with Crippen molar-refractivity contribution in [2.75, 3.05) is 39.3 Å². The second-order valence-electron chi connectivity index (χ2n) is 7.76. The summed E-state index contributed by atoms with van der Waals surface area (Å²) >= 11 is 0. The van der Waals surface area contributed by atoms with Crippen molar-refractivity contribution in [2.45, 2.75) is 37.8 Å². The fraction of sp³-hybridized carbons (Fsp3) is 0.778. The maximum absolute atomic E-state index is 12.4. The van der Waals surface area contributed by atoms with E-state index in [9.17, 15) is 4.79 Å². The molecule has 1 aromatic rings. The first-order valence-electron chi connectivity index (χ1n) is 9.53. The molecule has 3 fully saturated rings. The van der Waals surface area contributed by atoms with Gasteiger partial charge in [0, 0.05) is 45.5 Å². The van der Waals surface area contributed by atoms with E-state index < -0.39 is 0 Å². The summed E-state index contributed by atoms with van der Waals surface area (Å²) in [5.41, 5.74) is 1.26. The number of hydrogen-bond donors (Lipinski definition) is 1. The summed E-state index contributed by atoms with van der Waals surface area (Å²) in [4.78, 5) is 16.9. The average molecular weight is 347 g/mol. The van der Waals surface area contributed by atoms with Crippen LogP contribution in [0.4, 0.5) is 4.79 Å². The predicted molar refractivity (Wildman–Crippen MR) is 94.3 cm³/mol. The maximum Gasteiger partial charge on any atom is 0.317 e. The van der Waals surface area contributed by atoms with E-state index in [0.29, 0.717) is 18.5 Å². The molecule has 0 bridgehead atoms. The molecule has 4 rings (SSSR count). The first-order valence-corrected chi connectivity index (χ1v) is 9.53. The van der Waals surface area contributed by atoms with Crippen LogP contribution < -0.4 is 5.32 Å². The number of fused-ring (bicyclic) bond motifs is 1. The number of rotatable bonds is 4.